The van der Waals surface area contributed by atoms with Gasteiger partial charge in [0, 0.05) is 55.8 Å². The number of allylic oxidation sites excluding steroid dienone is 2. The second-order valence-electron chi connectivity index (χ2n) is 29.1. The van der Waals surface area contributed by atoms with Gasteiger partial charge in [0.1, 0.15) is 66.0 Å². The molecule has 92 heavy (non-hydrogen) atoms. The van der Waals surface area contributed by atoms with Gasteiger partial charge < -0.3 is 65.4 Å². The summed E-state index contributed by atoms with van der Waals surface area (Å²) in [5, 5.41) is 23.1. The molecule has 0 aromatic carbocycles. The predicted octanol–water partition coefficient (Wildman–Crippen LogP) is 3.98. The van der Waals surface area contributed by atoms with Crippen LogP contribution in [0, 0.1) is 40.9 Å². The summed E-state index contributed by atoms with van der Waals surface area (Å²) in [5.74, 6) is -11.1. The zero-order valence-electron chi connectivity index (χ0n) is 60.8. The maximum Gasteiger partial charge on any atom is 0.311 e. The Morgan fingerprint density at radius 1 is 0.533 bits per heavy atom. The third-order valence-corrected chi connectivity index (χ3v) is 17.0. The summed E-state index contributed by atoms with van der Waals surface area (Å²) in [7, 11) is 9.67. The van der Waals surface area contributed by atoms with Crippen LogP contribution in [-0.2, 0) is 62.3 Å². The highest BCUT2D eigenvalue weighted by atomic mass is 16.6. The number of hydrogen-bond donors (Lipinski definition) is 5. The van der Waals surface area contributed by atoms with Crippen LogP contribution >= 0.6 is 0 Å². The molecule has 0 radical (unpaired) electrons. The fraction of sp³-hybridized carbons (Fsp3) is 0.791. The number of ether oxygens (including phenoxy) is 1. The Kier molecular flexibility index (Phi) is 32.7. The lowest BCUT2D eigenvalue weighted by atomic mass is 9.91. The van der Waals surface area contributed by atoms with E-state index < -0.39 is 173 Å². The number of aliphatic hydroxyl groups excluding tert-OH is 1. The lowest BCUT2D eigenvalue weighted by Gasteiger charge is -2.41. The molecule has 0 bridgehead atoms. The van der Waals surface area contributed by atoms with Crippen molar-refractivity contribution in [3.05, 3.63) is 12.2 Å². The summed E-state index contributed by atoms with van der Waals surface area (Å²) < 4.78 is 5.94. The van der Waals surface area contributed by atoms with Gasteiger partial charge in [-0.25, -0.2) is 0 Å². The minimum Gasteiger partial charge on any atom is -0.459 e. The van der Waals surface area contributed by atoms with E-state index >= 15 is 14.4 Å². The lowest BCUT2D eigenvalue weighted by molar-refractivity contribution is -0.169. The van der Waals surface area contributed by atoms with Crippen molar-refractivity contribution < 1.29 is 67.4 Å². The van der Waals surface area contributed by atoms with Gasteiger partial charge in [0.25, 0.3) is 0 Å². The van der Waals surface area contributed by atoms with E-state index in [-0.39, 0.29) is 56.3 Å². The third kappa shape index (κ3) is 23.4. The van der Waals surface area contributed by atoms with Crippen molar-refractivity contribution in [3.63, 3.8) is 0 Å². The van der Waals surface area contributed by atoms with Crippen LogP contribution in [0.25, 0.3) is 0 Å². The lowest BCUT2D eigenvalue weighted by Crippen LogP contribution is -2.63. The van der Waals surface area contributed by atoms with Crippen molar-refractivity contribution in [2.24, 2.45) is 40.9 Å². The van der Waals surface area contributed by atoms with Crippen molar-refractivity contribution in [1.82, 2.24) is 55.6 Å². The highest BCUT2D eigenvalue weighted by molar-refractivity contribution is 5.99. The first kappa shape index (κ1) is 83.4. The largest absolute Gasteiger partial charge is 0.459 e. The van der Waals surface area contributed by atoms with Crippen LogP contribution in [0.4, 0.5) is 0 Å². The molecule has 25 heteroatoms. The van der Waals surface area contributed by atoms with Crippen LogP contribution in [0.3, 0.4) is 0 Å². The van der Waals surface area contributed by atoms with Crippen LogP contribution in [0.15, 0.2) is 12.2 Å². The highest BCUT2D eigenvalue weighted by Crippen LogP contribution is 2.28. The molecule has 5 N–H and O–H groups in total. The summed E-state index contributed by atoms with van der Waals surface area (Å²) in [6.45, 7) is 33.3. The molecule has 0 aromatic heterocycles. The van der Waals surface area contributed by atoms with Gasteiger partial charge in [0.05, 0.1) is 18.1 Å². The number of nitrogens with zero attached hydrogens (tertiary/aromatic N) is 7. The van der Waals surface area contributed by atoms with Crippen molar-refractivity contribution in [2.45, 2.75) is 249 Å². The normalized spacial score (nSPS) is 26.0. The fourth-order valence-corrected chi connectivity index (χ4v) is 11.1. The molecule has 2 unspecified atom stereocenters. The molecule has 1 heterocycles. The van der Waals surface area contributed by atoms with E-state index in [1.807, 2.05) is 41.5 Å². The molecule has 0 saturated carbocycles. The van der Waals surface area contributed by atoms with Crippen molar-refractivity contribution in [3.8, 4) is 0 Å². The van der Waals surface area contributed by atoms with Crippen LogP contribution in [-0.4, -0.2) is 238 Å². The van der Waals surface area contributed by atoms with E-state index in [0.717, 1.165) is 14.7 Å². The number of carbonyl (C=O) groups is 12. The smallest absolute Gasteiger partial charge is 0.311 e. The number of nitrogens with one attached hydrogen (secondary N) is 4. The predicted molar refractivity (Wildman–Crippen MR) is 353 cm³/mol. The molecule has 1 rings (SSSR count). The minimum absolute atomic E-state index is 0.0327. The van der Waals surface area contributed by atoms with Crippen molar-refractivity contribution in [2.75, 3.05) is 55.9 Å². The first-order chi connectivity index (χ1) is 42.1. The molecule has 1 saturated heterocycles. The van der Waals surface area contributed by atoms with Crippen molar-refractivity contribution in [1.29, 1.82) is 0 Å². The van der Waals surface area contributed by atoms with Crippen LogP contribution in [0.2, 0.25) is 0 Å². The van der Waals surface area contributed by atoms with Gasteiger partial charge in [0.15, 0.2) is 0 Å². The summed E-state index contributed by atoms with van der Waals surface area (Å²) in [6.07, 6.45) is 2.33. The Labute approximate surface area is 549 Å². The average Bonchev–Trinajstić information content (AvgIpc) is 0.811. The number of hydrogen-bond acceptors (Lipinski definition) is 14. The molecule has 0 spiro atoms. The molecular formula is C67H119N11O14. The topological polar surface area (TPSA) is 305 Å². The van der Waals surface area contributed by atoms with E-state index in [1.54, 1.807) is 95.2 Å². The van der Waals surface area contributed by atoms with Crippen LogP contribution < -0.4 is 21.3 Å². The summed E-state index contributed by atoms with van der Waals surface area (Å²) in [6, 6.07) is -13.2. The standard InChI is InChI=1S/C67H119N11O14/c1-28-30-31-42(13)54(80)53-58(84)70-45(29-2)60(86)72(21)36-50(79)73(22)49(35-67(19,20)92-65(91)66(16,17)18)57(83)71-51(40(9)10)63(89)74(23)46(32-37(3)4)56(82)68-43(14)55(81)69-44(15)59(85)75(24)47(33-38(5)6)61(87)76(25)48(34-39(7)8)62(88)77(26)52(41(11)12)64(90)78(53)27/h28,30,37-49,51-54,80H,29,31-36H2,1-27H3,(H,68,82)(H,69,81)(H,70,84)(H,71,83)/b30-28+/t42?,43-,44+,45-,46-,47-,48-,49-,51-,52-,53-,54?/m0/s1. The number of esters is 1. The number of likely N-dealkylation sites (N-methyl/N-ethyl adjacent to an activating group) is 7. The Hall–Kier alpha value is -6.66. The maximum absolute atomic E-state index is 15.2. The number of rotatable bonds is 16. The molecule has 1 fully saturated rings. The van der Waals surface area contributed by atoms with Gasteiger partial charge in [-0.15, -0.1) is 0 Å². The number of amides is 11. The van der Waals surface area contributed by atoms with Crippen LogP contribution in [0.1, 0.15) is 177 Å². The van der Waals surface area contributed by atoms with E-state index in [9.17, 15) is 48.3 Å². The zero-order chi connectivity index (χ0) is 71.7. The molecule has 11 amide bonds. The van der Waals surface area contributed by atoms with Crippen LogP contribution in [0.5, 0.6) is 0 Å². The molecule has 25 nitrogen and oxygen atoms in total. The van der Waals surface area contributed by atoms with Gasteiger partial charge in [-0.2, -0.15) is 0 Å². The van der Waals surface area contributed by atoms with E-state index in [0.29, 0.717) is 0 Å². The van der Waals surface area contributed by atoms with Gasteiger partial charge in [-0.05, 0) is 123 Å². The molecule has 526 valence electrons. The number of carbonyl (C=O) groups excluding carboxylic acids is 12. The molecular weight excluding hydrogens is 1180 g/mol. The SMILES string of the molecule is C/C=C/CC(C)C(O)[C@H]1C(=O)N[C@@H](CC)C(=O)N(C)CC(=O)N(C)[C@@H](CC(C)(C)OC(=O)C(C)(C)C)C(=O)N[C@@H](C(C)C)C(=O)N(C)[C@@H](CC(C)C)C(=O)N[C@@H](C)C(=O)N[C@H](C)C(=O)N(C)[C@@H](CC(C)C)C(=O)N(C)[C@@H](CC(C)C)C(=O)N(C)[C@@H](C(C)C)C(=O)N1C. The highest BCUT2D eigenvalue weighted by Gasteiger charge is 2.46. The Morgan fingerprint density at radius 3 is 1.43 bits per heavy atom. The monoisotopic (exact) mass is 1300 g/mol. The van der Waals surface area contributed by atoms with E-state index in [2.05, 4.69) is 21.3 Å². The Morgan fingerprint density at radius 2 is 0.978 bits per heavy atom. The van der Waals surface area contributed by atoms with E-state index in [4.69, 9.17) is 4.74 Å². The second kappa shape index (κ2) is 36.1. The first-order valence-electron chi connectivity index (χ1n) is 32.7. The summed E-state index contributed by atoms with van der Waals surface area (Å²) in [4.78, 5) is 184. The van der Waals surface area contributed by atoms with Gasteiger partial charge in [-0.3, -0.25) is 57.5 Å². The molecule has 0 aromatic rings. The third-order valence-electron chi connectivity index (χ3n) is 17.0. The molecule has 1 aliphatic heterocycles. The fourth-order valence-electron chi connectivity index (χ4n) is 11.1. The zero-order valence-corrected chi connectivity index (χ0v) is 60.8. The van der Waals surface area contributed by atoms with Crippen molar-refractivity contribution >= 4 is 70.9 Å². The number of aliphatic hydroxyl groups is 1. The van der Waals surface area contributed by atoms with Gasteiger partial charge in [-0.1, -0.05) is 95.2 Å². The van der Waals surface area contributed by atoms with E-state index in [1.165, 1.54) is 82.8 Å². The quantitative estimate of drug-likeness (QED) is 0.108. The Balaban J connectivity index is 4.46. The summed E-state index contributed by atoms with van der Waals surface area (Å²) in [5.41, 5.74) is -2.39. The second-order valence-corrected chi connectivity index (χ2v) is 29.1. The summed E-state index contributed by atoms with van der Waals surface area (Å²) >= 11 is 0. The average molecular weight is 1300 g/mol. The van der Waals surface area contributed by atoms with Gasteiger partial charge >= 0.3 is 5.97 Å². The maximum atomic E-state index is 15.2. The minimum atomic E-state index is -1.66. The first-order valence-corrected chi connectivity index (χ1v) is 32.7. The molecule has 12 atom stereocenters. The molecule has 1 aliphatic rings. The molecule has 0 aliphatic carbocycles. The van der Waals surface area contributed by atoms with Gasteiger partial charge in [0.2, 0.25) is 65.0 Å². The Bertz CT molecular complexity index is 2600.